The number of nitrogens with zero attached hydrogens (tertiary/aromatic N) is 4. The summed E-state index contributed by atoms with van der Waals surface area (Å²) in [6.45, 7) is 13.3. The number of hydrogen-bond donors (Lipinski definition) is 1. The number of nitrogens with one attached hydrogen (secondary N) is 1. The summed E-state index contributed by atoms with van der Waals surface area (Å²) < 4.78 is 18.3. The lowest BCUT2D eigenvalue weighted by Gasteiger charge is -2.27. The van der Waals surface area contributed by atoms with Gasteiger partial charge in [-0.1, -0.05) is 38.1 Å². The number of aliphatic imine (C=N–C) groups is 2. The molecule has 1 aromatic heterocycles. The van der Waals surface area contributed by atoms with E-state index in [2.05, 4.69) is 39.4 Å². The Labute approximate surface area is 202 Å². The van der Waals surface area contributed by atoms with Gasteiger partial charge in [0.25, 0.3) is 5.89 Å². The first-order chi connectivity index (χ1) is 16.4. The minimum Gasteiger partial charge on any atom is -0.415 e. The van der Waals surface area contributed by atoms with Crippen LogP contribution in [0.5, 0.6) is 0 Å². The van der Waals surface area contributed by atoms with Crippen LogP contribution >= 0.6 is 0 Å². The molecule has 1 aliphatic rings. The van der Waals surface area contributed by atoms with Gasteiger partial charge in [0.15, 0.2) is 0 Å². The first-order valence-electron chi connectivity index (χ1n) is 11.3. The molecule has 1 fully saturated rings. The van der Waals surface area contributed by atoms with Crippen molar-refractivity contribution in [1.29, 1.82) is 0 Å². The van der Waals surface area contributed by atoms with Crippen LogP contribution in [-0.2, 0) is 10.8 Å². The van der Waals surface area contributed by atoms with Gasteiger partial charge in [-0.3, -0.25) is 9.20 Å². The fraction of sp³-hybridized carbons (Fsp3) is 0.308. The Kier molecular flexibility index (Phi) is 7.29. The van der Waals surface area contributed by atoms with E-state index in [1.807, 2.05) is 57.2 Å². The van der Waals surface area contributed by atoms with Gasteiger partial charge in [0.05, 0.1) is 16.5 Å². The Bertz CT molecular complexity index is 1250. The zero-order chi connectivity index (χ0) is 24.2. The average Bonchev–Trinajstić information content (AvgIpc) is 3.30. The highest BCUT2D eigenvalue weighted by Gasteiger charge is 2.20. The third-order valence-corrected chi connectivity index (χ3v) is 7.42. The van der Waals surface area contributed by atoms with Crippen molar-refractivity contribution >= 4 is 28.9 Å². The predicted octanol–water partition coefficient (Wildman–Crippen LogP) is 4.84. The van der Waals surface area contributed by atoms with Crippen molar-refractivity contribution < 1.29 is 8.63 Å². The molecule has 0 bridgehead atoms. The molecule has 0 amide bonds. The quantitative estimate of drug-likeness (QED) is 0.471. The van der Waals surface area contributed by atoms with Crippen molar-refractivity contribution in [3.05, 3.63) is 71.2 Å². The van der Waals surface area contributed by atoms with E-state index in [0.717, 1.165) is 34.8 Å². The van der Waals surface area contributed by atoms with Crippen molar-refractivity contribution in [2.24, 2.45) is 9.98 Å². The molecule has 1 N–H and O–H groups in total. The number of allylic oxidation sites excluding steroid dienone is 1. The van der Waals surface area contributed by atoms with E-state index in [9.17, 15) is 4.21 Å². The van der Waals surface area contributed by atoms with Gasteiger partial charge in [0.1, 0.15) is 5.70 Å². The van der Waals surface area contributed by atoms with Crippen LogP contribution in [0.1, 0.15) is 50.6 Å². The Morgan fingerprint density at radius 3 is 2.32 bits per heavy atom. The van der Waals surface area contributed by atoms with E-state index < -0.39 is 10.8 Å². The van der Waals surface area contributed by atoms with Crippen molar-refractivity contribution in [3.63, 3.8) is 0 Å². The summed E-state index contributed by atoms with van der Waals surface area (Å²) in [6.07, 6.45) is 0. The molecular formula is C26H29N5O2S. The molecule has 3 aromatic rings. The van der Waals surface area contributed by atoms with Gasteiger partial charge in [-0.2, -0.15) is 0 Å². The molecule has 1 aliphatic heterocycles. The second-order valence-electron chi connectivity index (χ2n) is 8.55. The molecule has 1 atom stereocenters. The van der Waals surface area contributed by atoms with E-state index in [-0.39, 0.29) is 11.1 Å². The van der Waals surface area contributed by atoms with Gasteiger partial charge < -0.3 is 9.73 Å². The van der Waals surface area contributed by atoms with Crippen LogP contribution in [0.25, 0.3) is 17.2 Å². The molecule has 34 heavy (non-hydrogen) atoms. The monoisotopic (exact) mass is 475 g/mol. The van der Waals surface area contributed by atoms with Gasteiger partial charge in [0, 0.05) is 40.4 Å². The van der Waals surface area contributed by atoms with Gasteiger partial charge in [-0.25, -0.2) is 4.99 Å². The van der Waals surface area contributed by atoms with Crippen molar-refractivity contribution in [1.82, 2.24) is 15.5 Å². The summed E-state index contributed by atoms with van der Waals surface area (Å²) >= 11 is 0. The first kappa shape index (κ1) is 23.9. The lowest BCUT2D eigenvalue weighted by Crippen LogP contribution is -2.39. The highest BCUT2D eigenvalue weighted by atomic mass is 32.2. The fourth-order valence-electron chi connectivity index (χ4n) is 3.55. The summed E-state index contributed by atoms with van der Waals surface area (Å²) in [4.78, 5) is 9.59. The highest BCUT2D eigenvalue weighted by Crippen LogP contribution is 2.27. The fourth-order valence-corrected chi connectivity index (χ4v) is 4.50. The lowest BCUT2D eigenvalue weighted by molar-refractivity contribution is 0.448. The molecule has 0 unspecified atom stereocenters. The average molecular weight is 476 g/mol. The molecule has 2 aromatic carbocycles. The molecule has 0 radical (unpaired) electrons. The summed E-state index contributed by atoms with van der Waals surface area (Å²) in [5.74, 6) is 1.28. The molecule has 0 spiro atoms. The zero-order valence-electron chi connectivity index (χ0n) is 19.9. The highest BCUT2D eigenvalue weighted by molar-refractivity contribution is 7.85. The molecular weight excluding hydrogens is 446 g/mol. The third-order valence-electron chi connectivity index (χ3n) is 5.83. The third kappa shape index (κ3) is 5.13. The lowest BCUT2D eigenvalue weighted by atomic mass is 9.93. The number of aromatic nitrogens is 2. The summed E-state index contributed by atoms with van der Waals surface area (Å²) in [7, 11) is -1.03. The smallest absolute Gasteiger partial charge is 0.268 e. The van der Waals surface area contributed by atoms with Crippen LogP contribution in [0, 0.1) is 0 Å². The van der Waals surface area contributed by atoms with Crippen LogP contribution in [0.15, 0.2) is 73.5 Å². The molecule has 176 valence electrons. The van der Waals surface area contributed by atoms with E-state index in [0.29, 0.717) is 23.2 Å². The molecule has 7 nitrogen and oxygen atoms in total. The largest absolute Gasteiger partial charge is 0.415 e. The molecule has 1 saturated heterocycles. The molecule has 8 heteroatoms. The number of rotatable bonds is 8. The molecule has 4 rings (SSSR count). The first-order valence-corrected chi connectivity index (χ1v) is 12.5. The minimum atomic E-state index is -1.03. The van der Waals surface area contributed by atoms with Crippen LogP contribution in [0.3, 0.4) is 0 Å². The Morgan fingerprint density at radius 2 is 1.76 bits per heavy atom. The Hall–Kier alpha value is -3.23. The summed E-state index contributed by atoms with van der Waals surface area (Å²) in [5, 5.41) is 11.8. The van der Waals surface area contributed by atoms with Crippen molar-refractivity contribution in [2.75, 3.05) is 13.1 Å². The van der Waals surface area contributed by atoms with E-state index >= 15 is 0 Å². The summed E-state index contributed by atoms with van der Waals surface area (Å²) in [6, 6.07) is 15.8. The van der Waals surface area contributed by atoms with E-state index in [1.165, 1.54) is 5.56 Å². The van der Waals surface area contributed by atoms with Gasteiger partial charge in [-0.15, -0.1) is 10.2 Å². The van der Waals surface area contributed by atoms with Gasteiger partial charge in [-0.05, 0) is 56.0 Å². The minimum absolute atomic E-state index is 0.0645. The van der Waals surface area contributed by atoms with E-state index in [4.69, 9.17) is 9.41 Å². The standard InChI is InChI=1S/C26H29N5O2S/c1-16(2)34(32)23-12-10-19(11-13-23)17(3)29-24(18(4)27-5)26-31-30-25(33-26)21-8-6-20(7-9-21)22-14-28-15-22/h6-13,16,22,28H,5,14-15H2,1-4H3/b24-18-,29-17?/t34-/m0/s1. The number of benzene rings is 2. The zero-order valence-corrected chi connectivity index (χ0v) is 20.7. The van der Waals surface area contributed by atoms with Crippen LogP contribution in [0.2, 0.25) is 0 Å². The van der Waals surface area contributed by atoms with Crippen molar-refractivity contribution in [2.45, 2.75) is 43.8 Å². The maximum Gasteiger partial charge on any atom is 0.268 e. The topological polar surface area (TPSA) is 92.7 Å². The van der Waals surface area contributed by atoms with Gasteiger partial charge >= 0.3 is 0 Å². The van der Waals surface area contributed by atoms with Gasteiger partial charge in [0.2, 0.25) is 5.89 Å². The molecule has 0 aliphatic carbocycles. The van der Waals surface area contributed by atoms with Crippen LogP contribution in [0.4, 0.5) is 0 Å². The van der Waals surface area contributed by atoms with E-state index in [1.54, 1.807) is 6.92 Å². The summed E-state index contributed by atoms with van der Waals surface area (Å²) in [5.41, 5.74) is 4.86. The Balaban J connectivity index is 1.59. The molecule has 2 heterocycles. The maximum absolute atomic E-state index is 12.3. The number of hydrogen-bond acceptors (Lipinski definition) is 7. The maximum atomic E-state index is 12.3. The second-order valence-corrected chi connectivity index (χ2v) is 10.6. The van der Waals surface area contributed by atoms with Crippen molar-refractivity contribution in [3.8, 4) is 11.5 Å². The predicted molar refractivity (Wildman–Crippen MR) is 138 cm³/mol. The Morgan fingerprint density at radius 1 is 1.09 bits per heavy atom. The van der Waals surface area contributed by atoms with Crippen LogP contribution < -0.4 is 5.32 Å². The molecule has 0 saturated carbocycles. The second kappa shape index (κ2) is 10.4. The van der Waals surface area contributed by atoms with Crippen LogP contribution in [-0.4, -0.2) is 45.2 Å². The normalized spacial score (nSPS) is 16.2. The SMILES string of the molecule is C=N/C(C)=C(\N=C(C)c1ccc([S@@](=O)C(C)C)cc1)c1nnc(-c2ccc(C3CNC3)cc2)o1.